The normalized spacial score (nSPS) is 20.0. The fourth-order valence-corrected chi connectivity index (χ4v) is 2.39. The molecule has 7 heteroatoms. The van der Waals surface area contributed by atoms with Crippen molar-refractivity contribution in [1.82, 2.24) is 24.9 Å². The zero-order valence-electron chi connectivity index (χ0n) is 12.4. The predicted molar refractivity (Wildman–Crippen MR) is 74.3 cm³/mol. The summed E-state index contributed by atoms with van der Waals surface area (Å²) >= 11 is 0. The van der Waals surface area contributed by atoms with Crippen LogP contribution in [0.3, 0.4) is 0 Å². The number of piperazine rings is 1. The summed E-state index contributed by atoms with van der Waals surface area (Å²) in [6.07, 6.45) is 1.52. The van der Waals surface area contributed by atoms with E-state index >= 15 is 0 Å². The van der Waals surface area contributed by atoms with Crippen molar-refractivity contribution in [3.8, 4) is 0 Å². The van der Waals surface area contributed by atoms with Crippen LogP contribution in [0.1, 0.15) is 16.1 Å². The van der Waals surface area contributed by atoms with Crippen LogP contribution in [0.15, 0.2) is 6.20 Å². The van der Waals surface area contributed by atoms with Crippen LogP contribution in [-0.2, 0) is 4.79 Å². The Balaban J connectivity index is 2.25. The predicted octanol–water partition coefficient (Wildman–Crippen LogP) is -0.437. The summed E-state index contributed by atoms with van der Waals surface area (Å²) in [4.78, 5) is 30.2. The van der Waals surface area contributed by atoms with Gasteiger partial charge >= 0.3 is 0 Å². The fraction of sp³-hybridized carbons (Fsp3) is 0.615. The molecule has 0 saturated carbocycles. The molecule has 1 saturated heterocycles. The Kier molecular flexibility index (Phi) is 4.08. The zero-order chi connectivity index (χ0) is 14.9. The highest BCUT2D eigenvalue weighted by molar-refractivity contribution is 5.98. The lowest BCUT2D eigenvalue weighted by Crippen LogP contribution is -2.59. The number of rotatable bonds is 2. The number of likely N-dealkylation sites (N-methyl/N-ethyl adjacent to an activating group) is 2. The second-order valence-corrected chi connectivity index (χ2v) is 5.42. The third-order valence-electron chi connectivity index (χ3n) is 3.63. The van der Waals surface area contributed by atoms with Crippen LogP contribution < -0.4 is 0 Å². The minimum Gasteiger partial charge on any atom is -0.347 e. The number of carbonyl (C=O) groups excluding carboxylic acids is 2. The number of carbonyl (C=O) groups is 2. The van der Waals surface area contributed by atoms with Gasteiger partial charge in [0, 0.05) is 39.4 Å². The maximum Gasteiger partial charge on any atom is 0.258 e. The van der Waals surface area contributed by atoms with Crippen LogP contribution in [0.25, 0.3) is 0 Å². The molecule has 0 radical (unpaired) electrons. The molecule has 1 N–H and O–H groups in total. The number of H-pyrrole nitrogens is 1. The average Bonchev–Trinajstić information content (AvgIpc) is 2.83. The van der Waals surface area contributed by atoms with Gasteiger partial charge in [-0.15, -0.1) is 0 Å². The van der Waals surface area contributed by atoms with E-state index in [1.165, 1.54) is 11.1 Å². The molecule has 1 unspecified atom stereocenters. The summed E-state index contributed by atoms with van der Waals surface area (Å²) in [6, 6.07) is -0.439. The van der Waals surface area contributed by atoms with Crippen molar-refractivity contribution in [2.75, 3.05) is 40.8 Å². The highest BCUT2D eigenvalue weighted by atomic mass is 16.2. The van der Waals surface area contributed by atoms with Gasteiger partial charge in [-0.3, -0.25) is 14.7 Å². The van der Waals surface area contributed by atoms with E-state index in [2.05, 4.69) is 15.1 Å². The number of aromatic nitrogens is 2. The average molecular weight is 279 g/mol. The summed E-state index contributed by atoms with van der Waals surface area (Å²) < 4.78 is 0. The van der Waals surface area contributed by atoms with E-state index in [0.29, 0.717) is 18.7 Å². The van der Waals surface area contributed by atoms with Crippen molar-refractivity contribution in [1.29, 1.82) is 0 Å². The van der Waals surface area contributed by atoms with Crippen LogP contribution in [0, 0.1) is 6.92 Å². The fourth-order valence-electron chi connectivity index (χ4n) is 2.39. The molecule has 20 heavy (non-hydrogen) atoms. The Hall–Kier alpha value is -1.89. The number of aryl methyl sites for hydroxylation is 1. The van der Waals surface area contributed by atoms with E-state index in [1.54, 1.807) is 25.9 Å². The third-order valence-corrected chi connectivity index (χ3v) is 3.63. The van der Waals surface area contributed by atoms with Crippen LogP contribution >= 0.6 is 0 Å². The monoisotopic (exact) mass is 279 g/mol. The highest BCUT2D eigenvalue weighted by Gasteiger charge is 2.36. The van der Waals surface area contributed by atoms with Crippen molar-refractivity contribution in [3.05, 3.63) is 17.5 Å². The first-order valence-electron chi connectivity index (χ1n) is 6.62. The third kappa shape index (κ3) is 2.67. The Labute approximate surface area is 118 Å². The van der Waals surface area contributed by atoms with Crippen molar-refractivity contribution in [2.45, 2.75) is 13.0 Å². The molecule has 0 spiro atoms. The molecule has 2 amide bonds. The van der Waals surface area contributed by atoms with E-state index in [9.17, 15) is 9.59 Å². The van der Waals surface area contributed by atoms with Crippen LogP contribution in [0.4, 0.5) is 0 Å². The van der Waals surface area contributed by atoms with Gasteiger partial charge in [0.2, 0.25) is 5.91 Å². The van der Waals surface area contributed by atoms with Gasteiger partial charge in [-0.2, -0.15) is 5.10 Å². The Morgan fingerprint density at radius 3 is 2.65 bits per heavy atom. The number of amides is 2. The smallest absolute Gasteiger partial charge is 0.258 e. The van der Waals surface area contributed by atoms with Crippen LogP contribution in [0.5, 0.6) is 0 Å². The van der Waals surface area contributed by atoms with Gasteiger partial charge in [-0.1, -0.05) is 0 Å². The first-order valence-corrected chi connectivity index (χ1v) is 6.62. The van der Waals surface area contributed by atoms with Crippen molar-refractivity contribution in [3.63, 3.8) is 0 Å². The molecule has 1 aromatic rings. The number of hydrogen-bond acceptors (Lipinski definition) is 4. The first kappa shape index (κ1) is 14.5. The molecule has 1 aliphatic rings. The quantitative estimate of drug-likeness (QED) is 0.797. The zero-order valence-corrected chi connectivity index (χ0v) is 12.4. The molecule has 7 nitrogen and oxygen atoms in total. The van der Waals surface area contributed by atoms with Crippen molar-refractivity contribution in [2.24, 2.45) is 0 Å². The van der Waals surface area contributed by atoms with Crippen molar-refractivity contribution < 1.29 is 9.59 Å². The summed E-state index contributed by atoms with van der Waals surface area (Å²) in [7, 11) is 5.38. The molecule has 1 atom stereocenters. The van der Waals surface area contributed by atoms with Gasteiger partial charge in [0.05, 0.1) is 11.8 Å². The molecule has 2 heterocycles. The molecular weight excluding hydrogens is 258 g/mol. The van der Waals surface area contributed by atoms with E-state index in [4.69, 9.17) is 0 Å². The number of hydrogen-bond donors (Lipinski definition) is 1. The van der Waals surface area contributed by atoms with Gasteiger partial charge < -0.3 is 14.7 Å². The van der Waals surface area contributed by atoms with E-state index in [-0.39, 0.29) is 11.8 Å². The number of nitrogens with zero attached hydrogens (tertiary/aromatic N) is 4. The molecule has 0 aliphatic carbocycles. The summed E-state index contributed by atoms with van der Waals surface area (Å²) in [6.45, 7) is 3.67. The SMILES string of the molecule is Cc1[nH]ncc1C(=O)N1CCN(C)CC1C(=O)N(C)C. The van der Waals surface area contributed by atoms with Crippen LogP contribution in [0.2, 0.25) is 0 Å². The Bertz CT molecular complexity index is 511. The van der Waals surface area contributed by atoms with E-state index in [0.717, 1.165) is 12.2 Å². The molecule has 1 fully saturated rings. The molecule has 0 aromatic carbocycles. The minimum atomic E-state index is -0.439. The molecular formula is C13H21N5O2. The second kappa shape index (κ2) is 5.62. The minimum absolute atomic E-state index is 0.0500. The summed E-state index contributed by atoms with van der Waals surface area (Å²) in [5.41, 5.74) is 1.26. The largest absolute Gasteiger partial charge is 0.347 e. The summed E-state index contributed by atoms with van der Waals surface area (Å²) in [5, 5.41) is 6.64. The molecule has 1 aliphatic heterocycles. The molecule has 110 valence electrons. The van der Waals surface area contributed by atoms with E-state index < -0.39 is 6.04 Å². The van der Waals surface area contributed by atoms with Crippen LogP contribution in [-0.4, -0.2) is 83.5 Å². The topological polar surface area (TPSA) is 72.5 Å². The van der Waals surface area contributed by atoms with Gasteiger partial charge in [-0.25, -0.2) is 0 Å². The van der Waals surface area contributed by atoms with E-state index in [1.807, 2.05) is 7.05 Å². The van der Waals surface area contributed by atoms with Gasteiger partial charge in [-0.05, 0) is 14.0 Å². The number of aromatic amines is 1. The Morgan fingerprint density at radius 1 is 1.40 bits per heavy atom. The maximum atomic E-state index is 12.6. The second-order valence-electron chi connectivity index (χ2n) is 5.42. The van der Waals surface area contributed by atoms with Crippen molar-refractivity contribution >= 4 is 11.8 Å². The lowest BCUT2D eigenvalue weighted by Gasteiger charge is -2.40. The standard InChI is InChI=1S/C13H21N5O2/c1-9-10(7-14-15-9)12(19)18-6-5-17(4)8-11(18)13(20)16(2)3/h7,11H,5-6,8H2,1-4H3,(H,14,15). The maximum absolute atomic E-state index is 12.6. The van der Waals surface area contributed by atoms with Gasteiger partial charge in [0.25, 0.3) is 5.91 Å². The van der Waals surface area contributed by atoms with Gasteiger partial charge in [0.1, 0.15) is 6.04 Å². The molecule has 1 aromatic heterocycles. The molecule has 0 bridgehead atoms. The number of nitrogens with one attached hydrogen (secondary N) is 1. The lowest BCUT2D eigenvalue weighted by molar-refractivity contribution is -0.135. The summed E-state index contributed by atoms with van der Waals surface area (Å²) in [5.74, 6) is -0.185. The highest BCUT2D eigenvalue weighted by Crippen LogP contribution is 2.16. The Morgan fingerprint density at radius 2 is 2.10 bits per heavy atom. The first-order chi connectivity index (χ1) is 9.41. The lowest BCUT2D eigenvalue weighted by atomic mass is 10.1. The van der Waals surface area contributed by atoms with Gasteiger partial charge in [0.15, 0.2) is 0 Å². The molecule has 2 rings (SSSR count).